The minimum Gasteiger partial charge on any atom is -0.496 e. The van der Waals surface area contributed by atoms with Gasteiger partial charge < -0.3 is 10.1 Å². The highest BCUT2D eigenvalue weighted by Gasteiger charge is 2.18. The summed E-state index contributed by atoms with van der Waals surface area (Å²) in [5.74, 6) is 1.63. The topological polar surface area (TPSA) is 38.3 Å². The van der Waals surface area contributed by atoms with Crippen LogP contribution in [0.3, 0.4) is 0 Å². The van der Waals surface area contributed by atoms with Crippen LogP contribution in [0.15, 0.2) is 53.4 Å². The van der Waals surface area contributed by atoms with E-state index in [1.54, 1.807) is 18.9 Å². The Labute approximate surface area is 147 Å². The third-order valence-electron chi connectivity index (χ3n) is 4.37. The lowest BCUT2D eigenvalue weighted by molar-refractivity contribution is 0.0937. The molecule has 1 aliphatic carbocycles. The molecular formula is C20H23NO2S. The van der Waals surface area contributed by atoms with Crippen molar-refractivity contribution in [3.05, 3.63) is 59.7 Å². The van der Waals surface area contributed by atoms with Crippen molar-refractivity contribution in [3.8, 4) is 5.75 Å². The second-order valence-electron chi connectivity index (χ2n) is 6.08. The van der Waals surface area contributed by atoms with Crippen molar-refractivity contribution in [1.29, 1.82) is 0 Å². The van der Waals surface area contributed by atoms with Crippen molar-refractivity contribution in [1.82, 2.24) is 5.32 Å². The Morgan fingerprint density at radius 1 is 1.17 bits per heavy atom. The van der Waals surface area contributed by atoms with Gasteiger partial charge in [-0.2, -0.15) is 0 Å². The third-order valence-corrected chi connectivity index (χ3v) is 5.43. The monoisotopic (exact) mass is 341 g/mol. The minimum atomic E-state index is 0.0236. The lowest BCUT2D eigenvalue weighted by Crippen LogP contribution is -2.32. The number of hydrogen-bond acceptors (Lipinski definition) is 3. The van der Waals surface area contributed by atoms with Gasteiger partial charge >= 0.3 is 0 Å². The molecule has 4 heteroatoms. The maximum atomic E-state index is 12.5. The van der Waals surface area contributed by atoms with E-state index in [0.717, 1.165) is 29.9 Å². The average molecular weight is 341 g/mol. The van der Waals surface area contributed by atoms with E-state index in [1.165, 1.54) is 17.7 Å². The van der Waals surface area contributed by atoms with Crippen molar-refractivity contribution in [3.63, 3.8) is 0 Å². The SMILES string of the molecule is COc1ccc(C(=O)NC2CCCC2)cc1CSc1ccccc1. The summed E-state index contributed by atoms with van der Waals surface area (Å²) in [7, 11) is 1.67. The van der Waals surface area contributed by atoms with E-state index in [0.29, 0.717) is 11.6 Å². The molecule has 3 rings (SSSR count). The van der Waals surface area contributed by atoms with Crippen LogP contribution in [0.2, 0.25) is 0 Å². The minimum absolute atomic E-state index is 0.0236. The molecule has 0 aliphatic heterocycles. The average Bonchev–Trinajstić information content (AvgIpc) is 3.13. The smallest absolute Gasteiger partial charge is 0.251 e. The molecular weight excluding hydrogens is 318 g/mol. The van der Waals surface area contributed by atoms with E-state index >= 15 is 0 Å². The second kappa shape index (κ2) is 8.25. The molecule has 1 N–H and O–H groups in total. The Morgan fingerprint density at radius 2 is 1.92 bits per heavy atom. The molecule has 0 radical (unpaired) electrons. The molecule has 0 saturated heterocycles. The number of carbonyl (C=O) groups excluding carboxylic acids is 1. The number of methoxy groups -OCH3 is 1. The fraction of sp³-hybridized carbons (Fsp3) is 0.350. The fourth-order valence-electron chi connectivity index (χ4n) is 3.05. The summed E-state index contributed by atoms with van der Waals surface area (Å²) in [5, 5.41) is 3.15. The summed E-state index contributed by atoms with van der Waals surface area (Å²) in [6, 6.07) is 16.3. The summed E-state index contributed by atoms with van der Waals surface area (Å²) >= 11 is 1.74. The zero-order valence-electron chi connectivity index (χ0n) is 14.0. The molecule has 24 heavy (non-hydrogen) atoms. The van der Waals surface area contributed by atoms with E-state index < -0.39 is 0 Å². The molecule has 0 aromatic heterocycles. The lowest BCUT2D eigenvalue weighted by Gasteiger charge is -2.14. The van der Waals surface area contributed by atoms with Crippen molar-refractivity contribution in [2.45, 2.75) is 42.4 Å². The van der Waals surface area contributed by atoms with Crippen LogP contribution in [0, 0.1) is 0 Å². The number of ether oxygens (including phenoxy) is 1. The zero-order chi connectivity index (χ0) is 16.8. The van der Waals surface area contributed by atoms with Gasteiger partial charge in [0.1, 0.15) is 5.75 Å². The Hall–Kier alpha value is -1.94. The summed E-state index contributed by atoms with van der Waals surface area (Å²) < 4.78 is 5.46. The van der Waals surface area contributed by atoms with Gasteiger partial charge in [0, 0.05) is 27.8 Å². The predicted molar refractivity (Wildman–Crippen MR) is 98.7 cm³/mol. The molecule has 1 fully saturated rings. The number of thioether (sulfide) groups is 1. The molecule has 1 aliphatic rings. The molecule has 0 heterocycles. The van der Waals surface area contributed by atoms with Crippen molar-refractivity contribution in [2.24, 2.45) is 0 Å². The highest BCUT2D eigenvalue weighted by Crippen LogP contribution is 2.29. The normalized spacial score (nSPS) is 14.5. The molecule has 0 bridgehead atoms. The van der Waals surface area contributed by atoms with Gasteiger partial charge in [-0.1, -0.05) is 31.0 Å². The van der Waals surface area contributed by atoms with Crippen molar-refractivity contribution < 1.29 is 9.53 Å². The van der Waals surface area contributed by atoms with Gasteiger partial charge in [-0.05, 0) is 43.2 Å². The van der Waals surface area contributed by atoms with Crippen LogP contribution in [0.4, 0.5) is 0 Å². The Kier molecular flexibility index (Phi) is 5.81. The van der Waals surface area contributed by atoms with Crippen LogP contribution >= 0.6 is 11.8 Å². The molecule has 1 amide bonds. The molecule has 1 saturated carbocycles. The van der Waals surface area contributed by atoms with Gasteiger partial charge in [0.25, 0.3) is 5.91 Å². The molecule has 126 valence electrons. The number of amides is 1. The fourth-order valence-corrected chi connectivity index (χ4v) is 3.95. The molecule has 2 aromatic carbocycles. The van der Waals surface area contributed by atoms with E-state index in [-0.39, 0.29) is 5.91 Å². The van der Waals surface area contributed by atoms with Crippen molar-refractivity contribution >= 4 is 17.7 Å². The number of rotatable bonds is 6. The summed E-state index contributed by atoms with van der Waals surface area (Å²) in [6.45, 7) is 0. The lowest BCUT2D eigenvalue weighted by atomic mass is 10.1. The van der Waals surface area contributed by atoms with Crippen LogP contribution in [-0.4, -0.2) is 19.1 Å². The summed E-state index contributed by atoms with van der Waals surface area (Å²) in [6.07, 6.45) is 4.62. The highest BCUT2D eigenvalue weighted by molar-refractivity contribution is 7.98. The quantitative estimate of drug-likeness (QED) is 0.777. The third kappa shape index (κ3) is 4.32. The van der Waals surface area contributed by atoms with Gasteiger partial charge in [0.05, 0.1) is 7.11 Å². The zero-order valence-corrected chi connectivity index (χ0v) is 14.8. The number of nitrogens with one attached hydrogen (secondary N) is 1. The predicted octanol–water partition coefficient (Wildman–Crippen LogP) is 4.66. The largest absolute Gasteiger partial charge is 0.496 e. The van der Waals surface area contributed by atoms with Crippen LogP contribution in [0.1, 0.15) is 41.6 Å². The number of benzene rings is 2. The van der Waals surface area contributed by atoms with Crippen LogP contribution in [0.25, 0.3) is 0 Å². The first kappa shape index (κ1) is 16.9. The maximum absolute atomic E-state index is 12.5. The Morgan fingerprint density at radius 3 is 2.62 bits per heavy atom. The van der Waals surface area contributed by atoms with Gasteiger partial charge in [-0.3, -0.25) is 4.79 Å². The molecule has 0 unspecified atom stereocenters. The number of hydrogen-bond donors (Lipinski definition) is 1. The standard InChI is InChI=1S/C20H23NO2S/c1-23-19-12-11-15(20(22)21-17-7-5-6-8-17)13-16(19)14-24-18-9-3-2-4-10-18/h2-4,9-13,17H,5-8,14H2,1H3,(H,21,22). The molecule has 3 nitrogen and oxygen atoms in total. The Bertz CT molecular complexity index is 681. The van der Waals surface area contributed by atoms with Gasteiger partial charge in [0.2, 0.25) is 0 Å². The van der Waals surface area contributed by atoms with Gasteiger partial charge in [-0.15, -0.1) is 11.8 Å². The molecule has 0 spiro atoms. The summed E-state index contributed by atoms with van der Waals surface area (Å²) in [4.78, 5) is 13.7. The summed E-state index contributed by atoms with van der Waals surface area (Å²) in [5.41, 5.74) is 1.76. The van der Waals surface area contributed by atoms with E-state index in [2.05, 4.69) is 17.4 Å². The van der Waals surface area contributed by atoms with Crippen LogP contribution in [0.5, 0.6) is 5.75 Å². The van der Waals surface area contributed by atoms with E-state index in [1.807, 2.05) is 36.4 Å². The van der Waals surface area contributed by atoms with Crippen LogP contribution < -0.4 is 10.1 Å². The van der Waals surface area contributed by atoms with Crippen molar-refractivity contribution in [2.75, 3.05) is 7.11 Å². The maximum Gasteiger partial charge on any atom is 0.251 e. The van der Waals surface area contributed by atoms with Gasteiger partial charge in [0.15, 0.2) is 0 Å². The van der Waals surface area contributed by atoms with Gasteiger partial charge in [-0.25, -0.2) is 0 Å². The first-order chi connectivity index (χ1) is 11.8. The first-order valence-corrected chi connectivity index (χ1v) is 9.40. The molecule has 2 aromatic rings. The molecule has 0 atom stereocenters. The number of carbonyl (C=O) groups is 1. The highest BCUT2D eigenvalue weighted by atomic mass is 32.2. The van der Waals surface area contributed by atoms with E-state index in [9.17, 15) is 4.79 Å². The first-order valence-electron chi connectivity index (χ1n) is 8.42. The van der Waals surface area contributed by atoms with Crippen LogP contribution in [-0.2, 0) is 5.75 Å². The second-order valence-corrected chi connectivity index (χ2v) is 7.13. The Balaban J connectivity index is 1.71. The van der Waals surface area contributed by atoms with E-state index in [4.69, 9.17) is 4.74 Å².